The molecular formula is C17H18O4. The topological polar surface area (TPSA) is 47.9 Å². The summed E-state index contributed by atoms with van der Waals surface area (Å²) < 4.78 is 16.1. The van der Waals surface area contributed by atoms with E-state index >= 15 is 0 Å². The number of hydrogen-bond donors (Lipinski definition) is 1. The maximum atomic E-state index is 10.7. The Labute approximate surface area is 123 Å². The van der Waals surface area contributed by atoms with Crippen molar-refractivity contribution in [1.82, 2.24) is 0 Å². The van der Waals surface area contributed by atoms with Gasteiger partial charge in [0, 0.05) is 0 Å². The molecule has 1 atom stereocenters. The maximum absolute atomic E-state index is 10.7. The lowest BCUT2D eigenvalue weighted by atomic mass is 9.94. The molecule has 4 nitrogen and oxygen atoms in total. The van der Waals surface area contributed by atoms with Crippen LogP contribution in [0, 0.1) is 13.8 Å². The number of rotatable bonds is 3. The maximum Gasteiger partial charge on any atom is 0.231 e. The summed E-state index contributed by atoms with van der Waals surface area (Å²) in [5, 5.41) is 10.7. The van der Waals surface area contributed by atoms with Crippen LogP contribution in [0.4, 0.5) is 0 Å². The molecule has 0 radical (unpaired) electrons. The molecule has 21 heavy (non-hydrogen) atoms. The standard InChI is InChI=1S/C17H18O4/c1-10-5-4-6-13(11(10)2)16(18)12-7-14(19-3)17-15(8-12)20-9-21-17/h4-8,16,18H,9H2,1-3H3. The molecule has 2 aromatic rings. The van der Waals surface area contributed by atoms with Crippen LogP contribution in [0.15, 0.2) is 30.3 Å². The van der Waals surface area contributed by atoms with Gasteiger partial charge in [-0.05, 0) is 48.2 Å². The predicted octanol–water partition coefficient (Wildman–Crippen LogP) is 3.12. The lowest BCUT2D eigenvalue weighted by Crippen LogP contribution is -2.03. The number of aliphatic hydroxyl groups excluding tert-OH is 1. The van der Waals surface area contributed by atoms with E-state index in [0.29, 0.717) is 17.2 Å². The molecule has 4 heteroatoms. The van der Waals surface area contributed by atoms with Crippen LogP contribution in [0.2, 0.25) is 0 Å². The predicted molar refractivity (Wildman–Crippen MR) is 79.1 cm³/mol. The molecule has 0 fully saturated rings. The summed E-state index contributed by atoms with van der Waals surface area (Å²) in [5.74, 6) is 1.77. The SMILES string of the molecule is COc1cc(C(O)c2cccc(C)c2C)cc2c1OCO2. The largest absolute Gasteiger partial charge is 0.493 e. The second kappa shape index (κ2) is 5.30. The molecular weight excluding hydrogens is 268 g/mol. The highest BCUT2D eigenvalue weighted by molar-refractivity contribution is 5.56. The van der Waals surface area contributed by atoms with Crippen LogP contribution in [-0.4, -0.2) is 19.0 Å². The van der Waals surface area contributed by atoms with E-state index in [-0.39, 0.29) is 6.79 Å². The first-order chi connectivity index (χ1) is 10.1. The first kappa shape index (κ1) is 13.8. The molecule has 0 saturated heterocycles. The fourth-order valence-electron chi connectivity index (χ4n) is 2.56. The number of fused-ring (bicyclic) bond motifs is 1. The van der Waals surface area contributed by atoms with Crippen molar-refractivity contribution in [1.29, 1.82) is 0 Å². The molecule has 0 bridgehead atoms. The molecule has 0 saturated carbocycles. The highest BCUT2D eigenvalue weighted by atomic mass is 16.7. The minimum atomic E-state index is -0.728. The van der Waals surface area contributed by atoms with Gasteiger partial charge in [0.05, 0.1) is 7.11 Å². The molecule has 0 amide bonds. The molecule has 1 N–H and O–H groups in total. The zero-order valence-corrected chi connectivity index (χ0v) is 12.3. The smallest absolute Gasteiger partial charge is 0.231 e. The van der Waals surface area contributed by atoms with Crippen molar-refractivity contribution in [2.24, 2.45) is 0 Å². The molecule has 1 aliphatic heterocycles. The third-order valence-electron chi connectivity index (χ3n) is 3.94. The second-order valence-corrected chi connectivity index (χ2v) is 5.15. The number of aliphatic hydroxyl groups is 1. The van der Waals surface area contributed by atoms with Gasteiger partial charge in [0.25, 0.3) is 0 Å². The van der Waals surface area contributed by atoms with Gasteiger partial charge < -0.3 is 19.3 Å². The zero-order chi connectivity index (χ0) is 15.0. The van der Waals surface area contributed by atoms with Crippen molar-refractivity contribution >= 4 is 0 Å². The van der Waals surface area contributed by atoms with E-state index in [0.717, 1.165) is 22.3 Å². The van der Waals surface area contributed by atoms with Crippen molar-refractivity contribution in [3.63, 3.8) is 0 Å². The molecule has 3 rings (SSSR count). The summed E-state index contributed by atoms with van der Waals surface area (Å²) in [6.45, 7) is 4.22. The first-order valence-electron chi connectivity index (χ1n) is 6.83. The van der Waals surface area contributed by atoms with Crippen LogP contribution in [0.3, 0.4) is 0 Å². The first-order valence-corrected chi connectivity index (χ1v) is 6.83. The lowest BCUT2D eigenvalue weighted by Gasteiger charge is -2.17. The number of benzene rings is 2. The van der Waals surface area contributed by atoms with Gasteiger partial charge in [-0.2, -0.15) is 0 Å². The fourth-order valence-corrected chi connectivity index (χ4v) is 2.56. The van der Waals surface area contributed by atoms with E-state index in [1.807, 2.05) is 32.0 Å². The number of aryl methyl sites for hydroxylation is 1. The normalized spacial score (nSPS) is 14.1. The van der Waals surface area contributed by atoms with Crippen molar-refractivity contribution in [3.8, 4) is 17.2 Å². The summed E-state index contributed by atoms with van der Waals surface area (Å²) in [7, 11) is 1.57. The lowest BCUT2D eigenvalue weighted by molar-refractivity contribution is 0.171. The highest BCUT2D eigenvalue weighted by Gasteiger charge is 2.23. The van der Waals surface area contributed by atoms with E-state index < -0.39 is 6.10 Å². The van der Waals surface area contributed by atoms with E-state index in [1.165, 1.54) is 0 Å². The van der Waals surface area contributed by atoms with Crippen LogP contribution >= 0.6 is 0 Å². The molecule has 110 valence electrons. The number of ether oxygens (including phenoxy) is 3. The van der Waals surface area contributed by atoms with Gasteiger partial charge in [-0.3, -0.25) is 0 Å². The Balaban J connectivity index is 2.06. The van der Waals surface area contributed by atoms with Crippen molar-refractivity contribution in [3.05, 3.63) is 52.6 Å². The third kappa shape index (κ3) is 2.32. The van der Waals surface area contributed by atoms with Crippen LogP contribution in [0.25, 0.3) is 0 Å². The second-order valence-electron chi connectivity index (χ2n) is 5.15. The van der Waals surface area contributed by atoms with Crippen LogP contribution in [0.1, 0.15) is 28.4 Å². The zero-order valence-electron chi connectivity index (χ0n) is 12.3. The molecule has 0 aliphatic carbocycles. The molecule has 1 aliphatic rings. The quantitative estimate of drug-likeness (QED) is 0.941. The summed E-state index contributed by atoms with van der Waals surface area (Å²) in [5.41, 5.74) is 3.85. The monoisotopic (exact) mass is 286 g/mol. The average Bonchev–Trinajstić information content (AvgIpc) is 2.96. The van der Waals surface area contributed by atoms with Gasteiger partial charge in [0.2, 0.25) is 12.5 Å². The van der Waals surface area contributed by atoms with Gasteiger partial charge in [-0.1, -0.05) is 18.2 Å². The Hall–Kier alpha value is -2.20. The molecule has 2 aromatic carbocycles. The number of methoxy groups -OCH3 is 1. The van der Waals surface area contributed by atoms with Gasteiger partial charge >= 0.3 is 0 Å². The summed E-state index contributed by atoms with van der Waals surface area (Å²) in [6, 6.07) is 9.51. The van der Waals surface area contributed by atoms with Crippen LogP contribution < -0.4 is 14.2 Å². The highest BCUT2D eigenvalue weighted by Crippen LogP contribution is 2.44. The molecule has 0 spiro atoms. The molecule has 1 unspecified atom stereocenters. The van der Waals surface area contributed by atoms with E-state index in [9.17, 15) is 5.11 Å². The minimum absolute atomic E-state index is 0.175. The van der Waals surface area contributed by atoms with Gasteiger partial charge in [-0.15, -0.1) is 0 Å². The Kier molecular flexibility index (Phi) is 3.47. The molecule has 0 aromatic heterocycles. The van der Waals surface area contributed by atoms with Crippen molar-refractivity contribution in [2.45, 2.75) is 20.0 Å². The van der Waals surface area contributed by atoms with Crippen LogP contribution in [0.5, 0.6) is 17.2 Å². The Bertz CT molecular complexity index is 679. The number of hydrogen-bond acceptors (Lipinski definition) is 4. The van der Waals surface area contributed by atoms with E-state index in [2.05, 4.69) is 0 Å². The Morgan fingerprint density at radius 2 is 2.00 bits per heavy atom. The Morgan fingerprint density at radius 3 is 2.76 bits per heavy atom. The van der Waals surface area contributed by atoms with E-state index in [4.69, 9.17) is 14.2 Å². The Morgan fingerprint density at radius 1 is 1.19 bits per heavy atom. The molecule has 1 heterocycles. The van der Waals surface area contributed by atoms with Gasteiger partial charge in [0.15, 0.2) is 11.5 Å². The summed E-state index contributed by atoms with van der Waals surface area (Å²) >= 11 is 0. The fraction of sp³-hybridized carbons (Fsp3) is 0.294. The average molecular weight is 286 g/mol. The van der Waals surface area contributed by atoms with Crippen molar-refractivity contribution < 1.29 is 19.3 Å². The summed E-state index contributed by atoms with van der Waals surface area (Å²) in [4.78, 5) is 0. The summed E-state index contributed by atoms with van der Waals surface area (Å²) in [6.07, 6.45) is -0.728. The van der Waals surface area contributed by atoms with E-state index in [1.54, 1.807) is 19.2 Å². The minimum Gasteiger partial charge on any atom is -0.493 e. The van der Waals surface area contributed by atoms with Crippen molar-refractivity contribution in [2.75, 3.05) is 13.9 Å². The third-order valence-corrected chi connectivity index (χ3v) is 3.94. The van der Waals surface area contributed by atoms with Gasteiger partial charge in [-0.25, -0.2) is 0 Å². The van der Waals surface area contributed by atoms with Crippen LogP contribution in [-0.2, 0) is 0 Å². The van der Waals surface area contributed by atoms with Gasteiger partial charge in [0.1, 0.15) is 6.10 Å².